The zero-order valence-electron chi connectivity index (χ0n) is 11.0. The number of fused-ring (bicyclic) bond motifs is 1. The van der Waals surface area contributed by atoms with Crippen LogP contribution in [0, 0.1) is 5.92 Å². The molecule has 20 heavy (non-hydrogen) atoms. The van der Waals surface area contributed by atoms with Crippen LogP contribution in [-0.4, -0.2) is 28.4 Å². The van der Waals surface area contributed by atoms with Gasteiger partial charge in [0.1, 0.15) is 0 Å². The van der Waals surface area contributed by atoms with Crippen LogP contribution in [0.2, 0.25) is 0 Å². The lowest BCUT2D eigenvalue weighted by molar-refractivity contribution is -0.141. The number of carbonyl (C=O) groups is 2. The first kappa shape index (κ1) is 12.7. The number of carbonyl (C=O) groups excluding carboxylic acids is 1. The molecule has 1 aliphatic heterocycles. The molecule has 0 bridgehead atoms. The molecule has 0 spiro atoms. The van der Waals surface area contributed by atoms with Gasteiger partial charge in [-0.3, -0.25) is 9.59 Å². The number of carboxylic acids is 1. The van der Waals surface area contributed by atoms with Gasteiger partial charge in [-0.25, -0.2) is 0 Å². The summed E-state index contributed by atoms with van der Waals surface area (Å²) in [6, 6.07) is 14.0. The summed E-state index contributed by atoms with van der Waals surface area (Å²) in [6.07, 6.45) is 0.111. The second kappa shape index (κ2) is 4.96. The number of benzene rings is 2. The van der Waals surface area contributed by atoms with Crippen LogP contribution in [0.1, 0.15) is 12.0 Å². The van der Waals surface area contributed by atoms with E-state index in [1.807, 2.05) is 42.5 Å². The van der Waals surface area contributed by atoms with Gasteiger partial charge in [0.2, 0.25) is 5.91 Å². The Morgan fingerprint density at radius 2 is 1.95 bits per heavy atom. The molecule has 0 saturated carbocycles. The quantitative estimate of drug-likeness (QED) is 0.930. The number of amides is 1. The average molecular weight is 269 g/mol. The molecule has 0 unspecified atom stereocenters. The second-order valence-corrected chi connectivity index (χ2v) is 5.15. The average Bonchev–Trinajstić information content (AvgIpc) is 2.81. The summed E-state index contributed by atoms with van der Waals surface area (Å²) in [5.41, 5.74) is 1.06. The van der Waals surface area contributed by atoms with E-state index in [1.54, 1.807) is 4.90 Å². The molecule has 0 radical (unpaired) electrons. The number of nitrogens with zero attached hydrogens (tertiary/aromatic N) is 1. The van der Waals surface area contributed by atoms with E-state index >= 15 is 0 Å². The van der Waals surface area contributed by atoms with Crippen molar-refractivity contribution in [2.75, 3.05) is 6.54 Å². The summed E-state index contributed by atoms with van der Waals surface area (Å²) >= 11 is 0. The van der Waals surface area contributed by atoms with Crippen molar-refractivity contribution in [3.05, 3.63) is 48.0 Å². The first-order chi connectivity index (χ1) is 9.65. The van der Waals surface area contributed by atoms with Gasteiger partial charge in [0.25, 0.3) is 0 Å². The topological polar surface area (TPSA) is 57.6 Å². The highest BCUT2D eigenvalue weighted by Crippen LogP contribution is 2.24. The van der Waals surface area contributed by atoms with Gasteiger partial charge in [0.05, 0.1) is 5.92 Å². The molecule has 4 heteroatoms. The second-order valence-electron chi connectivity index (χ2n) is 5.15. The molecule has 1 heterocycles. The maximum atomic E-state index is 11.9. The number of likely N-dealkylation sites (tertiary alicyclic amines) is 1. The largest absolute Gasteiger partial charge is 0.481 e. The van der Waals surface area contributed by atoms with E-state index in [0.717, 1.165) is 16.3 Å². The Morgan fingerprint density at radius 1 is 1.20 bits per heavy atom. The Labute approximate surface area is 116 Å². The number of hydrogen-bond acceptors (Lipinski definition) is 2. The molecule has 2 aromatic carbocycles. The highest BCUT2D eigenvalue weighted by Gasteiger charge is 2.34. The molecular weight excluding hydrogens is 254 g/mol. The Morgan fingerprint density at radius 3 is 2.70 bits per heavy atom. The molecule has 4 nitrogen and oxygen atoms in total. The minimum atomic E-state index is -0.890. The molecular formula is C16H15NO3. The van der Waals surface area contributed by atoms with Crippen LogP contribution >= 0.6 is 0 Å². The number of rotatable bonds is 3. The van der Waals surface area contributed by atoms with E-state index in [1.165, 1.54) is 0 Å². The van der Waals surface area contributed by atoms with E-state index in [9.17, 15) is 9.59 Å². The summed E-state index contributed by atoms with van der Waals surface area (Å²) in [5.74, 6) is -1.54. The third-order valence-electron chi connectivity index (χ3n) is 3.80. The van der Waals surface area contributed by atoms with E-state index in [-0.39, 0.29) is 12.3 Å². The molecule has 1 amide bonds. The predicted molar refractivity (Wildman–Crippen MR) is 75.1 cm³/mol. The number of hydrogen-bond donors (Lipinski definition) is 1. The smallest absolute Gasteiger partial charge is 0.308 e. The SMILES string of the molecule is O=C(O)[C@H]1CC(=O)N(Cc2cccc3ccccc23)C1. The third-order valence-corrected chi connectivity index (χ3v) is 3.80. The third kappa shape index (κ3) is 2.25. The molecule has 1 fully saturated rings. The van der Waals surface area contributed by atoms with Crippen LogP contribution in [0.25, 0.3) is 10.8 Å². The van der Waals surface area contributed by atoms with Crippen LogP contribution in [0.3, 0.4) is 0 Å². The molecule has 1 saturated heterocycles. The lowest BCUT2D eigenvalue weighted by Crippen LogP contribution is -2.25. The van der Waals surface area contributed by atoms with Gasteiger partial charge in [-0.2, -0.15) is 0 Å². The van der Waals surface area contributed by atoms with Crippen molar-refractivity contribution in [2.24, 2.45) is 5.92 Å². The fourth-order valence-corrected chi connectivity index (χ4v) is 2.73. The standard InChI is InChI=1S/C16H15NO3/c18-15-8-13(16(19)20)10-17(15)9-12-6-3-5-11-4-1-2-7-14(11)12/h1-7,13H,8-10H2,(H,19,20)/t13-/m0/s1. The first-order valence-electron chi connectivity index (χ1n) is 6.62. The van der Waals surface area contributed by atoms with Gasteiger partial charge in [0, 0.05) is 19.5 Å². The molecule has 1 aliphatic rings. The lowest BCUT2D eigenvalue weighted by atomic mass is 10.0. The summed E-state index contributed by atoms with van der Waals surface area (Å²) in [4.78, 5) is 24.5. The Balaban J connectivity index is 1.87. The molecule has 1 atom stereocenters. The van der Waals surface area contributed by atoms with Gasteiger partial charge in [-0.1, -0.05) is 42.5 Å². The minimum absolute atomic E-state index is 0.0784. The van der Waals surface area contributed by atoms with Gasteiger partial charge < -0.3 is 10.0 Å². The first-order valence-corrected chi connectivity index (χ1v) is 6.62. The van der Waals surface area contributed by atoms with Crippen molar-refractivity contribution in [1.29, 1.82) is 0 Å². The zero-order valence-corrected chi connectivity index (χ0v) is 11.0. The van der Waals surface area contributed by atoms with Gasteiger partial charge in [-0.05, 0) is 16.3 Å². The summed E-state index contributed by atoms with van der Waals surface area (Å²) in [7, 11) is 0. The predicted octanol–water partition coefficient (Wildman–Crippen LogP) is 2.27. The van der Waals surface area contributed by atoms with Crippen molar-refractivity contribution in [3.63, 3.8) is 0 Å². The monoisotopic (exact) mass is 269 g/mol. The maximum absolute atomic E-state index is 11.9. The maximum Gasteiger partial charge on any atom is 0.308 e. The molecule has 3 rings (SSSR count). The summed E-state index contributed by atoms with van der Waals surface area (Å²) in [5, 5.41) is 11.3. The Hall–Kier alpha value is -2.36. The van der Waals surface area contributed by atoms with Crippen LogP contribution in [0.15, 0.2) is 42.5 Å². The van der Waals surface area contributed by atoms with Crippen molar-refractivity contribution < 1.29 is 14.7 Å². The fourth-order valence-electron chi connectivity index (χ4n) is 2.73. The van der Waals surface area contributed by atoms with E-state index < -0.39 is 11.9 Å². The zero-order chi connectivity index (χ0) is 14.1. The van der Waals surface area contributed by atoms with Crippen molar-refractivity contribution in [2.45, 2.75) is 13.0 Å². The fraction of sp³-hybridized carbons (Fsp3) is 0.250. The van der Waals surface area contributed by atoms with E-state index in [0.29, 0.717) is 13.1 Å². The summed E-state index contributed by atoms with van der Waals surface area (Å²) in [6.45, 7) is 0.779. The Kier molecular flexibility index (Phi) is 3.14. The number of carboxylic acid groups (broad SMARTS) is 1. The molecule has 0 aromatic heterocycles. The molecule has 2 aromatic rings. The van der Waals surface area contributed by atoms with Crippen molar-refractivity contribution in [3.8, 4) is 0 Å². The highest BCUT2D eigenvalue weighted by atomic mass is 16.4. The van der Waals surface area contributed by atoms with Gasteiger partial charge in [0.15, 0.2) is 0 Å². The molecule has 102 valence electrons. The highest BCUT2D eigenvalue weighted by molar-refractivity contribution is 5.88. The van der Waals surface area contributed by atoms with Crippen LogP contribution < -0.4 is 0 Å². The van der Waals surface area contributed by atoms with Crippen LogP contribution in [0.4, 0.5) is 0 Å². The normalized spacial score (nSPS) is 18.7. The van der Waals surface area contributed by atoms with Gasteiger partial charge in [-0.15, -0.1) is 0 Å². The summed E-state index contributed by atoms with van der Waals surface area (Å²) < 4.78 is 0. The van der Waals surface area contributed by atoms with Gasteiger partial charge >= 0.3 is 5.97 Å². The Bertz CT molecular complexity index is 675. The van der Waals surface area contributed by atoms with E-state index in [4.69, 9.17) is 5.11 Å². The minimum Gasteiger partial charge on any atom is -0.481 e. The van der Waals surface area contributed by atoms with Crippen molar-refractivity contribution in [1.82, 2.24) is 4.90 Å². The van der Waals surface area contributed by atoms with Crippen LogP contribution in [0.5, 0.6) is 0 Å². The van der Waals surface area contributed by atoms with Crippen LogP contribution in [-0.2, 0) is 16.1 Å². The lowest BCUT2D eigenvalue weighted by Gasteiger charge is -2.17. The van der Waals surface area contributed by atoms with E-state index in [2.05, 4.69) is 0 Å². The molecule has 1 N–H and O–H groups in total. The number of aliphatic carboxylic acids is 1. The van der Waals surface area contributed by atoms with Crippen molar-refractivity contribution >= 4 is 22.6 Å². The molecule has 0 aliphatic carbocycles.